The van der Waals surface area contributed by atoms with Crippen LogP contribution in [-0.4, -0.2) is 81.5 Å². The molecule has 0 aliphatic rings. The quantitative estimate of drug-likeness (QED) is 0.0652. The normalized spacial score (nSPS) is 13.8. The molecule has 0 radical (unpaired) electrons. The number of aromatic nitrogens is 1. The number of rotatable bonds is 16. The number of aliphatic imine (C=N–C) groups is 1. The Hall–Kier alpha value is -4.66. The number of aromatic amines is 1. The number of para-hydroxylation sites is 1. The number of carboxylic acids is 2. The summed E-state index contributed by atoms with van der Waals surface area (Å²) in [5, 5.41) is 26.5. The van der Waals surface area contributed by atoms with Crippen molar-refractivity contribution in [1.29, 1.82) is 0 Å². The molecule has 1 heterocycles. The van der Waals surface area contributed by atoms with Gasteiger partial charge in [-0.05, 0) is 37.8 Å². The third kappa shape index (κ3) is 9.90. The van der Waals surface area contributed by atoms with Gasteiger partial charge in [-0.25, -0.2) is 4.79 Å². The van der Waals surface area contributed by atoms with E-state index in [1.165, 1.54) is 6.92 Å². The maximum atomic E-state index is 13.2. The molecule has 1 aromatic carbocycles. The summed E-state index contributed by atoms with van der Waals surface area (Å²) in [5.41, 5.74) is 17.9. The van der Waals surface area contributed by atoms with Crippen molar-refractivity contribution in [2.24, 2.45) is 22.2 Å². The van der Waals surface area contributed by atoms with E-state index in [1.54, 1.807) is 12.3 Å². The molecule has 0 aliphatic carbocycles. The molecule has 218 valence electrons. The molecule has 0 fully saturated rings. The smallest absolute Gasteiger partial charge is 0.326 e. The van der Waals surface area contributed by atoms with E-state index in [1.807, 2.05) is 18.2 Å². The van der Waals surface area contributed by atoms with Crippen LogP contribution in [-0.2, 0) is 30.4 Å². The monoisotopic (exact) mass is 560 g/mol. The first-order chi connectivity index (χ1) is 18.9. The predicted molar refractivity (Wildman–Crippen MR) is 146 cm³/mol. The van der Waals surface area contributed by atoms with Crippen LogP contribution in [0.25, 0.3) is 10.9 Å². The average Bonchev–Trinajstić information content (AvgIpc) is 3.30. The van der Waals surface area contributed by atoms with Crippen molar-refractivity contribution in [3.63, 3.8) is 0 Å². The van der Waals surface area contributed by atoms with Crippen LogP contribution in [0, 0.1) is 0 Å². The lowest BCUT2D eigenvalue weighted by Crippen LogP contribution is -2.57. The molecule has 0 spiro atoms. The second-order valence-corrected chi connectivity index (χ2v) is 9.24. The van der Waals surface area contributed by atoms with E-state index in [-0.39, 0.29) is 31.8 Å². The van der Waals surface area contributed by atoms with Crippen LogP contribution >= 0.6 is 0 Å². The van der Waals surface area contributed by atoms with Crippen LogP contribution in [0.15, 0.2) is 35.5 Å². The first-order valence-electron chi connectivity index (χ1n) is 12.6. The van der Waals surface area contributed by atoms with E-state index in [4.69, 9.17) is 22.3 Å². The lowest BCUT2D eigenvalue weighted by atomic mass is 10.0. The molecule has 2 aromatic rings. The number of amides is 3. The Bertz CT molecular complexity index is 1240. The maximum absolute atomic E-state index is 13.2. The van der Waals surface area contributed by atoms with Crippen molar-refractivity contribution in [2.75, 3.05) is 6.54 Å². The van der Waals surface area contributed by atoms with Gasteiger partial charge in [-0.3, -0.25) is 24.2 Å². The molecule has 4 atom stereocenters. The number of nitrogens with zero attached hydrogens (tertiary/aromatic N) is 1. The van der Waals surface area contributed by atoms with E-state index in [0.717, 1.165) is 10.9 Å². The Morgan fingerprint density at radius 3 is 2.27 bits per heavy atom. The second-order valence-electron chi connectivity index (χ2n) is 9.24. The zero-order valence-corrected chi connectivity index (χ0v) is 22.1. The lowest BCUT2D eigenvalue weighted by Gasteiger charge is -2.23. The number of H-pyrrole nitrogens is 1. The van der Waals surface area contributed by atoms with Gasteiger partial charge in [0.1, 0.15) is 18.1 Å². The van der Waals surface area contributed by atoms with Gasteiger partial charge in [0.05, 0.1) is 6.04 Å². The molecule has 0 saturated carbocycles. The molecule has 0 bridgehead atoms. The summed E-state index contributed by atoms with van der Waals surface area (Å²) in [5.74, 6) is -4.84. The summed E-state index contributed by atoms with van der Waals surface area (Å²) in [6.07, 6.45) is 1.52. The largest absolute Gasteiger partial charge is 0.481 e. The summed E-state index contributed by atoms with van der Waals surface area (Å²) < 4.78 is 0. The van der Waals surface area contributed by atoms with E-state index in [9.17, 15) is 29.1 Å². The average molecular weight is 561 g/mol. The van der Waals surface area contributed by atoms with E-state index < -0.39 is 60.2 Å². The first kappa shape index (κ1) is 31.6. The number of carbonyl (C=O) groups excluding carboxylic acids is 3. The minimum atomic E-state index is -1.49. The molecule has 4 unspecified atom stereocenters. The fourth-order valence-corrected chi connectivity index (χ4v) is 3.86. The van der Waals surface area contributed by atoms with Gasteiger partial charge in [-0.2, -0.15) is 0 Å². The van der Waals surface area contributed by atoms with Gasteiger partial charge in [0.2, 0.25) is 17.7 Å². The summed E-state index contributed by atoms with van der Waals surface area (Å²) in [6, 6.07) is 2.53. The number of hydrogen-bond acceptors (Lipinski definition) is 7. The molecule has 0 saturated heterocycles. The number of nitrogens with one attached hydrogen (secondary N) is 4. The van der Waals surface area contributed by atoms with Gasteiger partial charge >= 0.3 is 11.9 Å². The van der Waals surface area contributed by atoms with Crippen LogP contribution in [0.3, 0.4) is 0 Å². The van der Waals surface area contributed by atoms with Crippen molar-refractivity contribution < 1.29 is 34.2 Å². The zero-order valence-electron chi connectivity index (χ0n) is 22.1. The molecule has 15 nitrogen and oxygen atoms in total. The van der Waals surface area contributed by atoms with Crippen molar-refractivity contribution >= 4 is 46.5 Å². The van der Waals surface area contributed by atoms with Gasteiger partial charge in [-0.15, -0.1) is 0 Å². The summed E-state index contributed by atoms with van der Waals surface area (Å²) in [7, 11) is 0. The number of fused-ring (bicyclic) bond motifs is 1. The lowest BCUT2D eigenvalue weighted by molar-refractivity contribution is -0.143. The molecule has 3 amide bonds. The second kappa shape index (κ2) is 15.1. The third-order valence-corrected chi connectivity index (χ3v) is 6.05. The molecule has 12 N–H and O–H groups in total. The van der Waals surface area contributed by atoms with E-state index >= 15 is 0 Å². The van der Waals surface area contributed by atoms with Crippen LogP contribution < -0.4 is 33.2 Å². The standard InChI is InChI=1S/C25H36N8O7/c1-13(31-22(37)16(26)6-4-10-29-25(27)28)21(36)33-19(11-14-12-30-17-7-3-2-5-15(14)17)23(38)32-18(24(39)40)8-9-20(34)35/h2-3,5,7,12-13,16,18-19,30H,4,6,8-11,26H2,1H3,(H,31,37)(H,32,38)(H,33,36)(H,34,35)(H,39,40)(H4,27,28,29). The topological polar surface area (TPSA) is 268 Å². The number of carboxylic acid groups (broad SMARTS) is 2. The number of guanidine groups is 1. The number of carbonyl (C=O) groups is 5. The highest BCUT2D eigenvalue weighted by Gasteiger charge is 2.30. The van der Waals surface area contributed by atoms with E-state index in [2.05, 4.69) is 25.9 Å². The Balaban J connectivity index is 2.13. The van der Waals surface area contributed by atoms with Crippen LogP contribution in [0.4, 0.5) is 0 Å². The minimum Gasteiger partial charge on any atom is -0.481 e. The van der Waals surface area contributed by atoms with Crippen molar-refractivity contribution in [1.82, 2.24) is 20.9 Å². The Kier molecular flexibility index (Phi) is 11.9. The van der Waals surface area contributed by atoms with Crippen LogP contribution in [0.5, 0.6) is 0 Å². The Labute approximate surface area is 229 Å². The third-order valence-electron chi connectivity index (χ3n) is 6.05. The van der Waals surface area contributed by atoms with Gasteiger partial charge in [-0.1, -0.05) is 18.2 Å². The van der Waals surface area contributed by atoms with Gasteiger partial charge in [0.15, 0.2) is 5.96 Å². The number of benzene rings is 1. The van der Waals surface area contributed by atoms with Crippen LogP contribution in [0.2, 0.25) is 0 Å². The zero-order chi connectivity index (χ0) is 29.8. The summed E-state index contributed by atoms with van der Waals surface area (Å²) in [4.78, 5) is 68.0. The molecule has 0 aliphatic heterocycles. The summed E-state index contributed by atoms with van der Waals surface area (Å²) in [6.45, 7) is 1.70. The van der Waals surface area contributed by atoms with E-state index in [0.29, 0.717) is 12.0 Å². The molecular formula is C25H36N8O7. The SMILES string of the molecule is CC(NC(=O)C(N)CCCN=C(N)N)C(=O)NC(Cc1c[nH]c2ccccc12)C(=O)NC(CCC(=O)O)C(=O)O. The van der Waals surface area contributed by atoms with Gasteiger partial charge in [0.25, 0.3) is 0 Å². The fourth-order valence-electron chi connectivity index (χ4n) is 3.86. The maximum Gasteiger partial charge on any atom is 0.326 e. The van der Waals surface area contributed by atoms with Crippen molar-refractivity contribution in [2.45, 2.75) is 63.2 Å². The Morgan fingerprint density at radius 1 is 0.950 bits per heavy atom. The van der Waals surface area contributed by atoms with Crippen molar-refractivity contribution in [3.8, 4) is 0 Å². The molecule has 1 aromatic heterocycles. The minimum absolute atomic E-state index is 0.0160. The number of hydrogen-bond donors (Lipinski definition) is 9. The highest BCUT2D eigenvalue weighted by Crippen LogP contribution is 2.19. The highest BCUT2D eigenvalue weighted by molar-refractivity contribution is 5.94. The number of aliphatic carboxylic acids is 2. The predicted octanol–water partition coefficient (Wildman–Crippen LogP) is -1.48. The highest BCUT2D eigenvalue weighted by atomic mass is 16.4. The number of nitrogens with two attached hydrogens (primary N) is 3. The van der Waals surface area contributed by atoms with Gasteiger partial charge < -0.3 is 48.3 Å². The van der Waals surface area contributed by atoms with Crippen molar-refractivity contribution in [3.05, 3.63) is 36.0 Å². The molecular weight excluding hydrogens is 524 g/mol. The molecule has 40 heavy (non-hydrogen) atoms. The molecule has 15 heteroatoms. The van der Waals surface area contributed by atoms with Gasteiger partial charge in [0, 0.05) is 36.5 Å². The molecule has 2 rings (SSSR count). The summed E-state index contributed by atoms with van der Waals surface area (Å²) >= 11 is 0. The first-order valence-corrected chi connectivity index (χ1v) is 12.6. The fraction of sp³-hybridized carbons (Fsp3) is 0.440. The Morgan fingerprint density at radius 2 is 1.62 bits per heavy atom. The van der Waals surface area contributed by atoms with Crippen LogP contribution in [0.1, 0.15) is 38.2 Å².